The lowest BCUT2D eigenvalue weighted by Crippen LogP contribution is -2.33. The van der Waals surface area contributed by atoms with Crippen LogP contribution in [0.4, 0.5) is 0 Å². The summed E-state index contributed by atoms with van der Waals surface area (Å²) < 4.78 is 1.76. The fourth-order valence-corrected chi connectivity index (χ4v) is 2.83. The van der Waals surface area contributed by atoms with Gasteiger partial charge in [0.05, 0.1) is 5.69 Å². The first-order valence-corrected chi connectivity index (χ1v) is 6.26. The van der Waals surface area contributed by atoms with Crippen molar-refractivity contribution in [3.63, 3.8) is 0 Å². The van der Waals surface area contributed by atoms with E-state index >= 15 is 0 Å². The molecule has 0 radical (unpaired) electrons. The standard InChI is InChI=1S/C12H18N4O/c1-3-16-10(4-7(2)15-16)12(17)14-11-8-5-13-6-9(8)11/h4,8-9,11,13H,3,5-6H2,1-2H3,(H,14,17). The highest BCUT2D eigenvalue weighted by Gasteiger charge is 2.53. The van der Waals surface area contributed by atoms with Crippen LogP contribution in [0, 0.1) is 18.8 Å². The number of aromatic nitrogens is 2. The van der Waals surface area contributed by atoms with E-state index in [9.17, 15) is 4.79 Å². The fraction of sp³-hybridized carbons (Fsp3) is 0.667. The van der Waals surface area contributed by atoms with Crippen molar-refractivity contribution in [3.05, 3.63) is 17.5 Å². The Labute approximate surface area is 101 Å². The molecule has 3 rings (SSSR count). The van der Waals surface area contributed by atoms with Gasteiger partial charge in [0.2, 0.25) is 0 Å². The van der Waals surface area contributed by atoms with Crippen molar-refractivity contribution in [3.8, 4) is 0 Å². The molecular weight excluding hydrogens is 216 g/mol. The van der Waals surface area contributed by atoms with E-state index in [1.807, 2.05) is 19.9 Å². The molecule has 5 nitrogen and oxygen atoms in total. The van der Waals surface area contributed by atoms with Crippen LogP contribution in [0.3, 0.4) is 0 Å². The Balaban J connectivity index is 1.69. The van der Waals surface area contributed by atoms with Crippen LogP contribution in [-0.4, -0.2) is 34.8 Å². The lowest BCUT2D eigenvalue weighted by atomic mass is 10.3. The summed E-state index contributed by atoms with van der Waals surface area (Å²) in [7, 11) is 0. The molecule has 0 bridgehead atoms. The predicted molar refractivity (Wildman–Crippen MR) is 63.7 cm³/mol. The molecule has 1 saturated heterocycles. The van der Waals surface area contributed by atoms with Crippen LogP contribution in [0.15, 0.2) is 6.07 Å². The number of carbonyl (C=O) groups excluding carboxylic acids is 1. The molecule has 2 unspecified atom stereocenters. The Kier molecular flexibility index (Phi) is 2.43. The van der Waals surface area contributed by atoms with Crippen molar-refractivity contribution in [2.24, 2.45) is 11.8 Å². The maximum Gasteiger partial charge on any atom is 0.269 e. The van der Waals surface area contributed by atoms with Crippen molar-refractivity contribution in [2.45, 2.75) is 26.4 Å². The third-order valence-electron chi connectivity index (χ3n) is 3.82. The van der Waals surface area contributed by atoms with Crippen molar-refractivity contribution in [1.82, 2.24) is 20.4 Å². The largest absolute Gasteiger partial charge is 0.347 e. The molecule has 5 heteroatoms. The van der Waals surface area contributed by atoms with Gasteiger partial charge < -0.3 is 10.6 Å². The number of hydrogen-bond acceptors (Lipinski definition) is 3. The number of hydrogen-bond donors (Lipinski definition) is 2. The summed E-state index contributed by atoms with van der Waals surface area (Å²) in [6.45, 7) is 6.73. The van der Waals surface area contributed by atoms with E-state index in [0.29, 0.717) is 23.6 Å². The van der Waals surface area contributed by atoms with Gasteiger partial charge >= 0.3 is 0 Å². The monoisotopic (exact) mass is 234 g/mol. The molecule has 1 aromatic rings. The first-order valence-electron chi connectivity index (χ1n) is 6.26. The lowest BCUT2D eigenvalue weighted by molar-refractivity contribution is 0.0936. The molecule has 2 aliphatic rings. The zero-order valence-corrected chi connectivity index (χ0v) is 10.2. The third kappa shape index (κ3) is 1.74. The molecule has 0 aromatic carbocycles. The number of aryl methyl sites for hydroxylation is 2. The van der Waals surface area contributed by atoms with Gasteiger partial charge in [0.25, 0.3) is 5.91 Å². The van der Waals surface area contributed by atoms with Gasteiger partial charge in [0, 0.05) is 25.7 Å². The van der Waals surface area contributed by atoms with Crippen LogP contribution < -0.4 is 10.6 Å². The molecule has 2 atom stereocenters. The van der Waals surface area contributed by atoms with Crippen LogP contribution in [0.25, 0.3) is 0 Å². The highest BCUT2D eigenvalue weighted by molar-refractivity contribution is 5.93. The molecule has 1 aliphatic heterocycles. The number of fused-ring (bicyclic) bond motifs is 1. The summed E-state index contributed by atoms with van der Waals surface area (Å²) in [5.74, 6) is 1.32. The molecule has 2 fully saturated rings. The second-order valence-electron chi connectivity index (χ2n) is 4.97. The molecular formula is C12H18N4O. The first kappa shape index (κ1) is 10.8. The number of nitrogens with one attached hydrogen (secondary N) is 2. The number of nitrogens with zero attached hydrogens (tertiary/aromatic N) is 2. The van der Waals surface area contributed by atoms with Gasteiger partial charge in [0.1, 0.15) is 5.69 Å². The Hall–Kier alpha value is -1.36. The molecule has 1 saturated carbocycles. The van der Waals surface area contributed by atoms with E-state index < -0.39 is 0 Å². The van der Waals surface area contributed by atoms with E-state index in [1.165, 1.54) is 0 Å². The van der Waals surface area contributed by atoms with Gasteiger partial charge in [-0.05, 0) is 31.7 Å². The Morgan fingerprint density at radius 2 is 2.29 bits per heavy atom. The average Bonchev–Trinajstić information content (AvgIpc) is 2.75. The molecule has 1 amide bonds. The highest BCUT2D eigenvalue weighted by atomic mass is 16.2. The molecule has 2 N–H and O–H groups in total. The van der Waals surface area contributed by atoms with E-state index in [2.05, 4.69) is 15.7 Å². The van der Waals surface area contributed by atoms with Gasteiger partial charge in [-0.1, -0.05) is 0 Å². The summed E-state index contributed by atoms with van der Waals surface area (Å²) in [5.41, 5.74) is 1.58. The Morgan fingerprint density at radius 1 is 1.59 bits per heavy atom. The number of piperidine rings is 1. The Morgan fingerprint density at radius 3 is 2.94 bits per heavy atom. The van der Waals surface area contributed by atoms with Gasteiger partial charge in [0.15, 0.2) is 0 Å². The predicted octanol–water partition coefficient (Wildman–Crippen LogP) is 0.159. The van der Waals surface area contributed by atoms with Crippen LogP contribution in [0.5, 0.6) is 0 Å². The normalized spacial score (nSPS) is 30.1. The minimum absolute atomic E-state index is 0.0202. The first-order chi connectivity index (χ1) is 8.20. The molecule has 92 valence electrons. The van der Waals surface area contributed by atoms with Crippen molar-refractivity contribution in [2.75, 3.05) is 13.1 Å². The van der Waals surface area contributed by atoms with E-state index in [-0.39, 0.29) is 5.91 Å². The Bertz CT molecular complexity index is 443. The summed E-state index contributed by atoms with van der Waals surface area (Å²) in [5, 5.41) is 10.7. The average molecular weight is 234 g/mol. The van der Waals surface area contributed by atoms with E-state index in [0.717, 1.165) is 25.3 Å². The van der Waals surface area contributed by atoms with Gasteiger partial charge in [-0.2, -0.15) is 5.10 Å². The lowest BCUT2D eigenvalue weighted by Gasteiger charge is -2.08. The number of rotatable bonds is 3. The maximum atomic E-state index is 12.1. The second-order valence-corrected chi connectivity index (χ2v) is 4.97. The van der Waals surface area contributed by atoms with Crippen molar-refractivity contribution < 1.29 is 4.79 Å². The maximum absolute atomic E-state index is 12.1. The van der Waals surface area contributed by atoms with Gasteiger partial charge in [-0.15, -0.1) is 0 Å². The smallest absolute Gasteiger partial charge is 0.269 e. The quantitative estimate of drug-likeness (QED) is 0.783. The summed E-state index contributed by atoms with van der Waals surface area (Å²) in [6, 6.07) is 2.24. The summed E-state index contributed by atoms with van der Waals surface area (Å²) >= 11 is 0. The van der Waals surface area contributed by atoms with E-state index in [4.69, 9.17) is 0 Å². The molecule has 2 heterocycles. The van der Waals surface area contributed by atoms with Gasteiger partial charge in [-0.3, -0.25) is 9.48 Å². The zero-order valence-electron chi connectivity index (χ0n) is 10.2. The topological polar surface area (TPSA) is 59.0 Å². The van der Waals surface area contributed by atoms with Crippen LogP contribution >= 0.6 is 0 Å². The molecule has 0 spiro atoms. The number of amides is 1. The zero-order chi connectivity index (χ0) is 12.0. The van der Waals surface area contributed by atoms with Crippen LogP contribution in [-0.2, 0) is 6.54 Å². The van der Waals surface area contributed by atoms with E-state index in [1.54, 1.807) is 4.68 Å². The summed E-state index contributed by atoms with van der Waals surface area (Å²) in [6.07, 6.45) is 0. The molecule has 1 aliphatic carbocycles. The minimum Gasteiger partial charge on any atom is -0.347 e. The second kappa shape index (κ2) is 3.84. The molecule has 17 heavy (non-hydrogen) atoms. The van der Waals surface area contributed by atoms with Gasteiger partial charge in [-0.25, -0.2) is 0 Å². The minimum atomic E-state index is 0.0202. The summed E-state index contributed by atoms with van der Waals surface area (Å²) in [4.78, 5) is 12.1. The van der Waals surface area contributed by atoms with Crippen LogP contribution in [0.2, 0.25) is 0 Å². The fourth-order valence-electron chi connectivity index (χ4n) is 2.83. The van der Waals surface area contributed by atoms with Crippen LogP contribution in [0.1, 0.15) is 23.1 Å². The molecule has 1 aromatic heterocycles. The highest BCUT2D eigenvalue weighted by Crippen LogP contribution is 2.41. The third-order valence-corrected chi connectivity index (χ3v) is 3.82. The number of carbonyl (C=O) groups is 1. The van der Waals surface area contributed by atoms with Crippen molar-refractivity contribution in [1.29, 1.82) is 0 Å². The van der Waals surface area contributed by atoms with Crippen molar-refractivity contribution >= 4 is 5.91 Å². The SMILES string of the molecule is CCn1nc(C)cc1C(=O)NC1C2CNCC21.